The van der Waals surface area contributed by atoms with E-state index in [4.69, 9.17) is 4.74 Å². The van der Waals surface area contributed by atoms with E-state index < -0.39 is 0 Å². The maximum Gasteiger partial charge on any atom is 0.255 e. The van der Waals surface area contributed by atoms with Crippen molar-refractivity contribution in [3.63, 3.8) is 0 Å². The van der Waals surface area contributed by atoms with Crippen molar-refractivity contribution in [2.75, 3.05) is 38.2 Å². The first-order valence-electron chi connectivity index (χ1n) is 11.3. The van der Waals surface area contributed by atoms with Crippen molar-refractivity contribution in [1.29, 1.82) is 5.26 Å². The number of anilines is 1. The number of pyridine rings is 2. The number of nitrogens with zero attached hydrogens (tertiary/aromatic N) is 5. The first kappa shape index (κ1) is 20.1. The molecule has 2 aromatic heterocycles. The molecule has 31 heavy (non-hydrogen) atoms. The Morgan fingerprint density at radius 3 is 2.77 bits per heavy atom. The average molecular weight is 420 g/mol. The van der Waals surface area contributed by atoms with E-state index in [1.807, 2.05) is 10.6 Å². The average Bonchev–Trinajstić information content (AvgIpc) is 2.81. The number of hydrogen-bond donors (Lipinski definition) is 0. The number of ether oxygens (including phenoxy) is 1. The van der Waals surface area contributed by atoms with E-state index in [2.05, 4.69) is 33.0 Å². The molecule has 0 N–H and O–H groups in total. The smallest absolute Gasteiger partial charge is 0.255 e. The molecule has 162 valence electrons. The van der Waals surface area contributed by atoms with Crippen LogP contribution in [0.5, 0.6) is 5.88 Å². The van der Waals surface area contributed by atoms with E-state index in [1.54, 1.807) is 13.3 Å². The summed E-state index contributed by atoms with van der Waals surface area (Å²) < 4.78 is 7.33. The van der Waals surface area contributed by atoms with Crippen LogP contribution < -0.4 is 15.2 Å². The summed E-state index contributed by atoms with van der Waals surface area (Å²) >= 11 is 0. The lowest BCUT2D eigenvalue weighted by Crippen LogP contribution is -2.48. The Labute approximate surface area is 182 Å². The molecule has 0 spiro atoms. The van der Waals surface area contributed by atoms with Gasteiger partial charge < -0.3 is 14.2 Å². The molecule has 0 saturated carbocycles. The van der Waals surface area contributed by atoms with Gasteiger partial charge in [0.2, 0.25) is 5.88 Å². The van der Waals surface area contributed by atoms with Crippen LogP contribution in [0.3, 0.4) is 0 Å². The molecule has 3 aliphatic heterocycles. The lowest BCUT2D eigenvalue weighted by molar-refractivity contribution is 0.218. The predicted octanol–water partition coefficient (Wildman–Crippen LogP) is 2.73. The Bertz CT molecular complexity index is 1070. The Kier molecular flexibility index (Phi) is 5.41. The first-order chi connectivity index (χ1) is 15.2. The van der Waals surface area contributed by atoms with Crippen LogP contribution in [0.4, 0.5) is 5.69 Å². The number of nitriles is 1. The summed E-state index contributed by atoms with van der Waals surface area (Å²) in [5, 5.41) is 9.68. The summed E-state index contributed by atoms with van der Waals surface area (Å²) in [7, 11) is 1.54. The molecule has 0 amide bonds. The van der Waals surface area contributed by atoms with E-state index >= 15 is 0 Å². The van der Waals surface area contributed by atoms with Crippen LogP contribution in [-0.2, 0) is 13.1 Å². The van der Waals surface area contributed by atoms with Crippen LogP contribution >= 0.6 is 0 Å². The first-order valence-corrected chi connectivity index (χ1v) is 11.3. The van der Waals surface area contributed by atoms with E-state index in [0.717, 1.165) is 62.6 Å². The van der Waals surface area contributed by atoms with Gasteiger partial charge in [-0.3, -0.25) is 9.69 Å². The lowest BCUT2D eigenvalue weighted by Gasteiger charge is -2.44. The highest BCUT2D eigenvalue weighted by molar-refractivity contribution is 5.63. The van der Waals surface area contributed by atoms with Gasteiger partial charge in [0, 0.05) is 49.6 Å². The molecular weight excluding hydrogens is 390 g/mol. The number of piperidine rings is 2. The zero-order valence-electron chi connectivity index (χ0n) is 18.1. The minimum Gasteiger partial charge on any atom is -0.480 e. The number of likely N-dealkylation sites (tertiary alicyclic amines) is 1. The Morgan fingerprint density at radius 2 is 2.00 bits per heavy atom. The molecule has 3 aliphatic rings. The minimum atomic E-state index is 0.189. The van der Waals surface area contributed by atoms with E-state index in [0.29, 0.717) is 17.4 Å². The minimum absolute atomic E-state index is 0.189. The molecule has 0 aliphatic carbocycles. The van der Waals surface area contributed by atoms with Gasteiger partial charge in [0.1, 0.15) is 11.6 Å². The van der Waals surface area contributed by atoms with Crippen molar-refractivity contribution in [2.45, 2.75) is 44.7 Å². The molecule has 0 aromatic carbocycles. The number of fused-ring (bicyclic) bond motifs is 4. The molecule has 5 heterocycles. The highest BCUT2D eigenvalue weighted by Gasteiger charge is 2.36. The standard InChI is InChI=1S/C24H29N5O2/c1-31-23-20(12-25)22(7-8-26-23)28-13-17-11-19(16-28)21-6-5-18(24(30)29(21)14-17)15-27-9-3-2-4-10-27/h5-8,17,19H,2-4,9-11,13-16H2,1H3/t17-,19+/m0/s1. The number of rotatable bonds is 4. The van der Waals surface area contributed by atoms with Crippen LogP contribution in [0.25, 0.3) is 0 Å². The van der Waals surface area contributed by atoms with Crippen molar-refractivity contribution < 1.29 is 4.74 Å². The monoisotopic (exact) mass is 419 g/mol. The maximum atomic E-state index is 13.3. The van der Waals surface area contributed by atoms with E-state index in [9.17, 15) is 10.1 Å². The van der Waals surface area contributed by atoms with Crippen LogP contribution in [-0.4, -0.2) is 47.7 Å². The van der Waals surface area contributed by atoms with Gasteiger partial charge in [-0.2, -0.15) is 5.26 Å². The second kappa shape index (κ2) is 8.35. The summed E-state index contributed by atoms with van der Waals surface area (Å²) in [6.45, 7) is 5.34. The summed E-state index contributed by atoms with van der Waals surface area (Å²) in [6.07, 6.45) is 6.56. The zero-order chi connectivity index (χ0) is 21.4. The van der Waals surface area contributed by atoms with Crippen molar-refractivity contribution in [2.24, 2.45) is 5.92 Å². The van der Waals surface area contributed by atoms with Crippen LogP contribution in [0, 0.1) is 17.2 Å². The highest BCUT2D eigenvalue weighted by atomic mass is 16.5. The summed E-state index contributed by atoms with van der Waals surface area (Å²) in [5.74, 6) is 1.05. The molecule has 2 saturated heterocycles. The van der Waals surface area contributed by atoms with Crippen molar-refractivity contribution in [3.05, 3.63) is 51.6 Å². The summed E-state index contributed by atoms with van der Waals surface area (Å²) in [5.41, 5.74) is 3.61. The van der Waals surface area contributed by atoms with E-state index in [1.165, 1.54) is 19.3 Å². The molecule has 2 atom stereocenters. The molecule has 5 rings (SSSR count). The van der Waals surface area contributed by atoms with Crippen LogP contribution in [0.2, 0.25) is 0 Å². The topological polar surface area (TPSA) is 74.4 Å². The van der Waals surface area contributed by atoms with Crippen LogP contribution in [0.1, 0.15) is 48.4 Å². The fourth-order valence-electron chi connectivity index (χ4n) is 5.62. The van der Waals surface area contributed by atoms with Crippen molar-refractivity contribution in [1.82, 2.24) is 14.5 Å². The van der Waals surface area contributed by atoms with Gasteiger partial charge in [-0.05, 0) is 50.4 Å². The van der Waals surface area contributed by atoms with Gasteiger partial charge in [0.25, 0.3) is 5.56 Å². The third-order valence-electron chi connectivity index (χ3n) is 7.07. The third-order valence-corrected chi connectivity index (χ3v) is 7.07. The molecule has 2 aromatic rings. The molecule has 7 heteroatoms. The highest BCUT2D eigenvalue weighted by Crippen LogP contribution is 2.38. The Balaban J connectivity index is 1.42. The van der Waals surface area contributed by atoms with E-state index in [-0.39, 0.29) is 11.5 Å². The second-order valence-corrected chi connectivity index (χ2v) is 9.07. The molecule has 2 fully saturated rings. The quantitative estimate of drug-likeness (QED) is 0.759. The molecule has 0 radical (unpaired) electrons. The normalized spacial score (nSPS) is 23.2. The zero-order valence-corrected chi connectivity index (χ0v) is 18.1. The Morgan fingerprint density at radius 1 is 1.16 bits per heavy atom. The van der Waals surface area contributed by atoms with Crippen molar-refractivity contribution in [3.8, 4) is 11.9 Å². The van der Waals surface area contributed by atoms with Gasteiger partial charge in [-0.15, -0.1) is 0 Å². The number of aromatic nitrogens is 2. The fourth-order valence-corrected chi connectivity index (χ4v) is 5.62. The summed E-state index contributed by atoms with van der Waals surface area (Å²) in [4.78, 5) is 22.2. The van der Waals surface area contributed by atoms with Crippen LogP contribution in [0.15, 0.2) is 29.2 Å². The van der Waals surface area contributed by atoms with Gasteiger partial charge in [-0.25, -0.2) is 4.98 Å². The van der Waals surface area contributed by atoms with Gasteiger partial charge in [0.05, 0.1) is 12.8 Å². The molecule has 0 unspecified atom stereocenters. The fraction of sp³-hybridized carbons (Fsp3) is 0.542. The second-order valence-electron chi connectivity index (χ2n) is 9.07. The lowest BCUT2D eigenvalue weighted by atomic mass is 9.82. The van der Waals surface area contributed by atoms with Gasteiger partial charge >= 0.3 is 0 Å². The van der Waals surface area contributed by atoms with Gasteiger partial charge in [0.15, 0.2) is 0 Å². The molecular formula is C24H29N5O2. The SMILES string of the molecule is COc1nccc(N2C[C@@H]3C[C@H](C2)c2ccc(CN4CCCCC4)c(=O)n2C3)c1C#N. The number of hydrogen-bond acceptors (Lipinski definition) is 6. The largest absolute Gasteiger partial charge is 0.480 e. The number of methoxy groups -OCH3 is 1. The molecule has 7 nitrogen and oxygen atoms in total. The van der Waals surface area contributed by atoms with Gasteiger partial charge in [-0.1, -0.05) is 12.5 Å². The maximum absolute atomic E-state index is 13.3. The molecule has 2 bridgehead atoms. The Hall–Kier alpha value is -2.85. The third kappa shape index (κ3) is 3.70. The van der Waals surface area contributed by atoms with Crippen molar-refractivity contribution >= 4 is 5.69 Å². The predicted molar refractivity (Wildman–Crippen MR) is 118 cm³/mol. The summed E-state index contributed by atoms with van der Waals surface area (Å²) in [6, 6.07) is 8.39.